The topological polar surface area (TPSA) is 206 Å². The number of rotatable bonds is 28. The van der Waals surface area contributed by atoms with Gasteiger partial charge in [-0.05, 0) is 150 Å². The van der Waals surface area contributed by atoms with Crippen LogP contribution in [-0.2, 0) is 42.5 Å². The number of carboxylic acid groups (broad SMARTS) is 1. The van der Waals surface area contributed by atoms with E-state index >= 15 is 0 Å². The third kappa shape index (κ3) is 16.0. The first-order valence-corrected chi connectivity index (χ1v) is 37.3. The highest BCUT2D eigenvalue weighted by Crippen LogP contribution is 2.51. The minimum Gasteiger partial charge on any atom is -0.543 e. The van der Waals surface area contributed by atoms with Gasteiger partial charge in [-0.15, -0.1) is 11.3 Å². The SMILES string of the molecule is COc1ccc(C(OC[C@H](COS(=O)(=O)c2ccc(C)cc2)Oc2c(Cl)cc(-c3c(-c4ccc(F)cc4)sc4ncnc(OC(Cc5cc(O[Si](C)(C)C(C)(C)C)ccc5OCc5ccnc(-c6ccccc6OC)n5)C(=O)O)c34)cc2Cl)(c2ccccc2)c2ccc(OC)cc2)cc1. The molecule has 11 aromatic rings. The van der Waals surface area contributed by atoms with Crippen molar-refractivity contribution in [1.82, 2.24) is 19.9 Å². The fourth-order valence-electron chi connectivity index (χ4n) is 10.9. The number of aryl methyl sites for hydroxylation is 1. The number of carbonyl (C=O) groups is 1. The predicted molar refractivity (Wildman–Crippen MR) is 384 cm³/mol. The molecule has 23 heteroatoms. The van der Waals surface area contributed by atoms with Crippen molar-refractivity contribution in [2.75, 3.05) is 34.5 Å². The van der Waals surface area contributed by atoms with E-state index in [9.17, 15) is 22.7 Å². The van der Waals surface area contributed by atoms with Crippen molar-refractivity contribution in [3.63, 3.8) is 0 Å². The summed E-state index contributed by atoms with van der Waals surface area (Å²) in [5, 5.41) is 11.2. The van der Waals surface area contributed by atoms with E-state index in [1.165, 1.54) is 41.9 Å². The Kier molecular flexibility index (Phi) is 21.7. The maximum Gasteiger partial charge on any atom is 0.345 e. The molecule has 0 saturated heterocycles. The van der Waals surface area contributed by atoms with Gasteiger partial charge in [0.2, 0.25) is 20.3 Å². The fourth-order valence-corrected chi connectivity index (χ4v) is 14.6. The standard InChI is InChI=1S/C76H71Cl2FN4O13S2Si/c1-47-19-34-60(35-20-47)98(86,87)93-45-59(44-92-76(51-15-11-10-12-16-51,52-23-29-56(88-5)30-24-52)53-25-31-57(89-6)32-26-53)94-69-62(77)40-50(41-63(69)78)67-68-72(81-46-82-73(68)97-70(67)48-21-27-54(79)28-22-48)95-66(74(84)85)42-49-39-58(96-99(8,9)75(2,3)4)33-36-64(49)91-43-55-37-38-80-71(83-55)61-17-13-14-18-65(61)90-7/h10-41,46,59,66H,42-45H2,1-9H3,(H,84,85)/t59-,66?/m1/s1. The maximum absolute atomic E-state index is 14.8. The van der Waals surface area contributed by atoms with Crippen LogP contribution in [0.1, 0.15) is 54.3 Å². The normalized spacial score (nSPS) is 12.6. The molecule has 99 heavy (non-hydrogen) atoms. The summed E-state index contributed by atoms with van der Waals surface area (Å²) in [5.74, 6) is 1.09. The molecule has 0 saturated carbocycles. The molecule has 1 N–H and O–H groups in total. The van der Waals surface area contributed by atoms with Crippen LogP contribution in [0.5, 0.6) is 40.4 Å². The van der Waals surface area contributed by atoms with Crippen molar-refractivity contribution < 1.29 is 64.5 Å². The van der Waals surface area contributed by atoms with Crippen LogP contribution < -0.4 is 32.8 Å². The van der Waals surface area contributed by atoms with E-state index in [0.717, 1.165) is 5.56 Å². The van der Waals surface area contributed by atoms with E-state index in [1.807, 2.05) is 110 Å². The van der Waals surface area contributed by atoms with E-state index in [4.69, 9.17) is 70.0 Å². The van der Waals surface area contributed by atoms with Crippen LogP contribution in [0.3, 0.4) is 0 Å². The minimum absolute atomic E-state index is 0.0210. The number of carboxylic acids is 1. The van der Waals surface area contributed by atoms with Gasteiger partial charge in [0.15, 0.2) is 11.6 Å². The lowest BCUT2D eigenvalue weighted by molar-refractivity contribution is -0.145. The van der Waals surface area contributed by atoms with Crippen LogP contribution in [0.4, 0.5) is 4.39 Å². The Hall–Kier alpha value is -9.45. The molecule has 0 bridgehead atoms. The molecular formula is C76H71Cl2FN4O13S2Si. The van der Waals surface area contributed by atoms with Gasteiger partial charge in [0, 0.05) is 28.6 Å². The summed E-state index contributed by atoms with van der Waals surface area (Å²) in [6, 6.07) is 54.0. The highest BCUT2D eigenvalue weighted by Gasteiger charge is 2.41. The van der Waals surface area contributed by atoms with Gasteiger partial charge in [0.1, 0.15) is 70.6 Å². The second-order valence-corrected chi connectivity index (χ2v) is 32.8. The van der Waals surface area contributed by atoms with Crippen molar-refractivity contribution in [2.24, 2.45) is 0 Å². The van der Waals surface area contributed by atoms with E-state index in [-0.39, 0.29) is 56.6 Å². The van der Waals surface area contributed by atoms with Gasteiger partial charge >= 0.3 is 5.97 Å². The molecule has 1 unspecified atom stereocenters. The number of hydrogen-bond acceptors (Lipinski definition) is 17. The highest BCUT2D eigenvalue weighted by molar-refractivity contribution is 7.86. The molecule has 0 spiro atoms. The highest BCUT2D eigenvalue weighted by atomic mass is 35.5. The predicted octanol–water partition coefficient (Wildman–Crippen LogP) is 17.5. The van der Waals surface area contributed by atoms with Gasteiger partial charge in [-0.2, -0.15) is 8.42 Å². The summed E-state index contributed by atoms with van der Waals surface area (Å²) in [7, 11) is -2.12. The summed E-state index contributed by atoms with van der Waals surface area (Å²) in [6.07, 6.45) is -0.224. The lowest BCUT2D eigenvalue weighted by Crippen LogP contribution is -2.43. The number of aliphatic carboxylic acids is 1. The number of nitrogens with zero attached hydrogens (tertiary/aromatic N) is 4. The van der Waals surface area contributed by atoms with Crippen molar-refractivity contribution >= 4 is 69.2 Å². The Morgan fingerprint density at radius 1 is 0.677 bits per heavy atom. The number of ether oxygens (including phenoxy) is 7. The number of halogens is 3. The quantitative estimate of drug-likeness (QED) is 0.0275. The molecule has 8 aromatic carbocycles. The molecule has 17 nitrogen and oxygen atoms in total. The van der Waals surface area contributed by atoms with E-state index in [2.05, 4.69) is 48.8 Å². The molecule has 0 radical (unpaired) electrons. The molecule has 510 valence electrons. The Balaban J connectivity index is 0.976. The molecule has 2 atom stereocenters. The van der Waals surface area contributed by atoms with Gasteiger partial charge < -0.3 is 42.7 Å². The molecule has 3 aromatic heterocycles. The number of benzene rings is 8. The zero-order chi connectivity index (χ0) is 70.2. The lowest BCUT2D eigenvalue weighted by Gasteiger charge is -2.37. The summed E-state index contributed by atoms with van der Waals surface area (Å²) in [5.41, 5.74) is 4.53. The van der Waals surface area contributed by atoms with Crippen molar-refractivity contribution in [1.29, 1.82) is 0 Å². The summed E-state index contributed by atoms with van der Waals surface area (Å²) < 4.78 is 99.5. The third-order valence-corrected chi connectivity index (χ3v) is 24.5. The van der Waals surface area contributed by atoms with Gasteiger partial charge in [0.05, 0.1) is 59.5 Å². The Labute approximate surface area is 589 Å². The molecule has 0 aliphatic rings. The maximum atomic E-state index is 14.8. The van der Waals surface area contributed by atoms with Crippen LogP contribution in [0.2, 0.25) is 28.2 Å². The van der Waals surface area contributed by atoms with Crippen molar-refractivity contribution in [3.05, 3.63) is 250 Å². The Morgan fingerprint density at radius 2 is 1.30 bits per heavy atom. The summed E-state index contributed by atoms with van der Waals surface area (Å²) in [6.45, 7) is 11.5. The van der Waals surface area contributed by atoms with Gasteiger partial charge in [-0.1, -0.05) is 141 Å². The van der Waals surface area contributed by atoms with Crippen molar-refractivity contribution in [2.45, 2.75) is 81.6 Å². The molecule has 3 heterocycles. The largest absolute Gasteiger partial charge is 0.543 e. The van der Waals surface area contributed by atoms with Gasteiger partial charge in [0.25, 0.3) is 10.1 Å². The average Bonchev–Trinajstić information content (AvgIpc) is 1.69. The molecular weight excluding hydrogens is 1360 g/mol. The van der Waals surface area contributed by atoms with E-state index in [0.29, 0.717) is 94.5 Å². The number of thiophene rings is 1. The first kappa shape index (κ1) is 70.9. The number of para-hydroxylation sites is 1. The summed E-state index contributed by atoms with van der Waals surface area (Å²) in [4.78, 5) is 33.2. The second kappa shape index (κ2) is 30.3. The molecule has 11 rings (SSSR count). The second-order valence-electron chi connectivity index (χ2n) is 24.7. The lowest BCUT2D eigenvalue weighted by atomic mass is 9.80. The Bertz CT molecular complexity index is 4710. The van der Waals surface area contributed by atoms with Gasteiger partial charge in [-0.25, -0.2) is 29.1 Å². The number of fused-ring (bicyclic) bond motifs is 1. The third-order valence-electron chi connectivity index (χ3n) is 17.1. The van der Waals surface area contributed by atoms with Crippen LogP contribution in [-0.4, -0.2) is 94.5 Å². The summed E-state index contributed by atoms with van der Waals surface area (Å²) >= 11 is 16.0. The fraction of sp³-hybridized carbons (Fsp3) is 0.224. The number of aromatic nitrogens is 4. The van der Waals surface area contributed by atoms with Crippen LogP contribution in [0, 0.1) is 12.7 Å². The Morgan fingerprint density at radius 3 is 1.93 bits per heavy atom. The molecule has 0 fully saturated rings. The number of hydrogen-bond donors (Lipinski definition) is 1. The smallest absolute Gasteiger partial charge is 0.345 e. The molecule has 0 aliphatic heterocycles. The average molecular weight is 1430 g/mol. The van der Waals surface area contributed by atoms with E-state index < -0.39 is 54.6 Å². The molecule has 0 amide bonds. The van der Waals surface area contributed by atoms with Gasteiger partial charge in [-0.3, -0.25) is 4.18 Å². The minimum atomic E-state index is -4.41. The van der Waals surface area contributed by atoms with Crippen LogP contribution in [0.25, 0.3) is 43.2 Å². The monoisotopic (exact) mass is 1430 g/mol. The van der Waals surface area contributed by atoms with E-state index in [1.54, 1.807) is 88.2 Å². The van der Waals surface area contributed by atoms with Crippen LogP contribution in [0.15, 0.2) is 205 Å². The van der Waals surface area contributed by atoms with Crippen molar-refractivity contribution in [3.8, 4) is 73.3 Å². The first-order valence-electron chi connectivity index (χ1n) is 31.4. The number of methoxy groups -OCH3 is 3. The zero-order valence-corrected chi connectivity index (χ0v) is 59.8. The molecule has 0 aliphatic carbocycles. The van der Waals surface area contributed by atoms with Crippen LogP contribution >= 0.6 is 34.5 Å². The zero-order valence-electron chi connectivity index (χ0n) is 55.6. The first-order chi connectivity index (χ1) is 47.5.